The lowest BCUT2D eigenvalue weighted by Gasteiger charge is -2.36. The Labute approximate surface area is 61.6 Å². The van der Waals surface area contributed by atoms with Crippen LogP contribution in [0.1, 0.15) is 13.8 Å². The molecule has 1 fully saturated rings. The second-order valence-corrected chi connectivity index (χ2v) is 2.88. The van der Waals surface area contributed by atoms with Crippen molar-refractivity contribution in [3.05, 3.63) is 0 Å². The van der Waals surface area contributed by atoms with Gasteiger partial charge in [-0.1, -0.05) is 0 Å². The fourth-order valence-corrected chi connectivity index (χ4v) is 1.29. The lowest BCUT2D eigenvalue weighted by Crippen LogP contribution is -2.49. The van der Waals surface area contributed by atoms with E-state index in [9.17, 15) is 5.11 Å². The second kappa shape index (κ2) is 3.32. The van der Waals surface area contributed by atoms with E-state index in [2.05, 4.69) is 0 Å². The fraction of sp³-hybridized carbons (Fsp3) is 1.00. The summed E-state index contributed by atoms with van der Waals surface area (Å²) in [5.74, 6) is 0. The minimum atomic E-state index is -0.105. The highest BCUT2D eigenvalue weighted by Crippen LogP contribution is 2.10. The Hall–Kier alpha value is -0.120. The van der Waals surface area contributed by atoms with Crippen molar-refractivity contribution in [3.8, 4) is 0 Å². The molecule has 0 N–H and O–H groups in total. The van der Waals surface area contributed by atoms with Crippen LogP contribution in [0.15, 0.2) is 0 Å². The quantitative estimate of drug-likeness (QED) is 0.536. The lowest BCUT2D eigenvalue weighted by atomic mass is 10.2. The molecule has 0 saturated carbocycles. The Balaban J connectivity index is 2.45. The average Bonchev–Trinajstić information content (AvgIpc) is 1.88. The van der Waals surface area contributed by atoms with Gasteiger partial charge in [-0.25, -0.2) is 5.11 Å². The monoisotopic (exact) mass is 144 g/mol. The molecule has 0 amide bonds. The van der Waals surface area contributed by atoms with E-state index in [-0.39, 0.29) is 6.73 Å². The van der Waals surface area contributed by atoms with E-state index < -0.39 is 0 Å². The third kappa shape index (κ3) is 1.48. The Kier molecular flexibility index (Phi) is 2.65. The van der Waals surface area contributed by atoms with E-state index in [0.29, 0.717) is 25.3 Å². The van der Waals surface area contributed by atoms with Crippen molar-refractivity contribution in [2.45, 2.75) is 25.9 Å². The van der Waals surface area contributed by atoms with Crippen LogP contribution in [0.2, 0.25) is 0 Å². The van der Waals surface area contributed by atoms with Gasteiger partial charge in [0.25, 0.3) is 0 Å². The molecule has 1 radical (unpaired) electrons. The number of ether oxygens (including phenoxy) is 1. The van der Waals surface area contributed by atoms with Crippen LogP contribution in [-0.4, -0.2) is 36.9 Å². The van der Waals surface area contributed by atoms with Crippen LogP contribution >= 0.6 is 0 Å². The van der Waals surface area contributed by atoms with Gasteiger partial charge in [-0.05, 0) is 13.8 Å². The predicted molar refractivity (Wildman–Crippen MR) is 37.1 cm³/mol. The molecule has 1 rings (SSSR count). The van der Waals surface area contributed by atoms with Gasteiger partial charge in [0.1, 0.15) is 6.73 Å². The topological polar surface area (TPSA) is 32.4 Å². The predicted octanol–water partition coefficient (Wildman–Crippen LogP) is 0.484. The molecule has 2 unspecified atom stereocenters. The first-order valence-electron chi connectivity index (χ1n) is 3.67. The molecule has 0 bridgehead atoms. The molecule has 0 aromatic rings. The maximum Gasteiger partial charge on any atom is 0.136 e. The van der Waals surface area contributed by atoms with E-state index in [4.69, 9.17) is 4.74 Å². The Morgan fingerprint density at radius 2 is 1.90 bits per heavy atom. The van der Waals surface area contributed by atoms with Crippen LogP contribution in [0.25, 0.3) is 0 Å². The van der Waals surface area contributed by atoms with Crippen molar-refractivity contribution in [3.63, 3.8) is 0 Å². The summed E-state index contributed by atoms with van der Waals surface area (Å²) in [6, 6.07) is 0.586. The van der Waals surface area contributed by atoms with Crippen molar-refractivity contribution in [2.75, 3.05) is 19.9 Å². The first kappa shape index (κ1) is 7.98. The van der Waals surface area contributed by atoms with Gasteiger partial charge in [0, 0.05) is 12.1 Å². The van der Waals surface area contributed by atoms with Crippen LogP contribution in [0, 0.1) is 0 Å². The van der Waals surface area contributed by atoms with Gasteiger partial charge in [-0.15, -0.1) is 0 Å². The SMILES string of the molecule is CC1COCC(C)N1C[O]. The zero-order valence-corrected chi connectivity index (χ0v) is 6.54. The molecule has 10 heavy (non-hydrogen) atoms. The molecule has 0 aromatic carbocycles. The van der Waals surface area contributed by atoms with Crippen LogP contribution in [0.5, 0.6) is 0 Å². The van der Waals surface area contributed by atoms with Gasteiger partial charge in [0.2, 0.25) is 0 Å². The average molecular weight is 144 g/mol. The van der Waals surface area contributed by atoms with Crippen molar-refractivity contribution in [1.29, 1.82) is 0 Å². The highest BCUT2D eigenvalue weighted by atomic mass is 16.5. The van der Waals surface area contributed by atoms with Gasteiger partial charge < -0.3 is 4.74 Å². The van der Waals surface area contributed by atoms with Gasteiger partial charge in [0.05, 0.1) is 13.2 Å². The fourth-order valence-electron chi connectivity index (χ4n) is 1.29. The van der Waals surface area contributed by atoms with Crippen LogP contribution in [-0.2, 0) is 9.84 Å². The van der Waals surface area contributed by atoms with Gasteiger partial charge in [0.15, 0.2) is 0 Å². The molecular formula is C7H14NO2. The highest BCUT2D eigenvalue weighted by Gasteiger charge is 2.24. The molecular weight excluding hydrogens is 130 g/mol. The minimum absolute atomic E-state index is 0.105. The van der Waals surface area contributed by atoms with Gasteiger partial charge in [-0.2, -0.15) is 0 Å². The molecule has 1 heterocycles. The van der Waals surface area contributed by atoms with Crippen molar-refractivity contribution < 1.29 is 9.84 Å². The molecule has 0 spiro atoms. The van der Waals surface area contributed by atoms with E-state index in [1.54, 1.807) is 0 Å². The maximum atomic E-state index is 10.6. The van der Waals surface area contributed by atoms with E-state index >= 15 is 0 Å². The maximum absolute atomic E-state index is 10.6. The van der Waals surface area contributed by atoms with Crippen molar-refractivity contribution >= 4 is 0 Å². The smallest absolute Gasteiger partial charge is 0.136 e. The van der Waals surface area contributed by atoms with Crippen molar-refractivity contribution in [1.82, 2.24) is 4.90 Å². The highest BCUT2D eigenvalue weighted by molar-refractivity contribution is 4.74. The molecule has 1 aliphatic rings. The zero-order chi connectivity index (χ0) is 7.56. The molecule has 2 atom stereocenters. The number of hydrogen-bond acceptors (Lipinski definition) is 2. The summed E-state index contributed by atoms with van der Waals surface area (Å²) < 4.78 is 5.25. The van der Waals surface area contributed by atoms with Crippen LogP contribution < -0.4 is 0 Å². The molecule has 59 valence electrons. The summed E-state index contributed by atoms with van der Waals surface area (Å²) in [6.07, 6.45) is 0. The van der Waals surface area contributed by atoms with E-state index in [1.807, 2.05) is 18.7 Å². The second-order valence-electron chi connectivity index (χ2n) is 2.88. The summed E-state index contributed by atoms with van der Waals surface area (Å²) in [5.41, 5.74) is 0. The number of rotatable bonds is 1. The number of hydrogen-bond donors (Lipinski definition) is 0. The van der Waals surface area contributed by atoms with E-state index in [1.165, 1.54) is 0 Å². The van der Waals surface area contributed by atoms with Gasteiger partial charge >= 0.3 is 0 Å². The molecule has 1 saturated heterocycles. The largest absolute Gasteiger partial charge is 0.378 e. The summed E-state index contributed by atoms with van der Waals surface area (Å²) in [5, 5.41) is 10.6. The van der Waals surface area contributed by atoms with Crippen molar-refractivity contribution in [2.24, 2.45) is 0 Å². The normalized spacial score (nSPS) is 36.3. The molecule has 3 heteroatoms. The Morgan fingerprint density at radius 1 is 1.40 bits per heavy atom. The minimum Gasteiger partial charge on any atom is -0.378 e. The lowest BCUT2D eigenvalue weighted by molar-refractivity contribution is -0.0883. The zero-order valence-electron chi connectivity index (χ0n) is 6.54. The number of nitrogens with zero attached hydrogens (tertiary/aromatic N) is 1. The number of morpholine rings is 1. The Bertz CT molecular complexity index is 97.8. The summed E-state index contributed by atoms with van der Waals surface area (Å²) in [7, 11) is 0. The molecule has 0 aliphatic carbocycles. The third-order valence-electron chi connectivity index (χ3n) is 2.00. The van der Waals surface area contributed by atoms with Gasteiger partial charge in [-0.3, -0.25) is 4.90 Å². The molecule has 1 aliphatic heterocycles. The standard InChI is InChI=1S/C7H14NO2/c1-6-3-10-4-7(2)8(6)5-9/h6-7H,3-5H2,1-2H3. The van der Waals surface area contributed by atoms with Crippen LogP contribution in [0.4, 0.5) is 0 Å². The first-order valence-corrected chi connectivity index (χ1v) is 3.67. The first-order chi connectivity index (χ1) is 4.75. The summed E-state index contributed by atoms with van der Waals surface area (Å²) in [4.78, 5) is 1.92. The van der Waals surface area contributed by atoms with E-state index in [0.717, 1.165) is 0 Å². The summed E-state index contributed by atoms with van der Waals surface area (Å²) >= 11 is 0. The summed E-state index contributed by atoms with van der Waals surface area (Å²) in [6.45, 7) is 5.34. The molecule has 0 aromatic heterocycles. The third-order valence-corrected chi connectivity index (χ3v) is 2.00. The molecule has 3 nitrogen and oxygen atoms in total. The Morgan fingerprint density at radius 3 is 2.20 bits per heavy atom. The van der Waals surface area contributed by atoms with Crippen LogP contribution in [0.3, 0.4) is 0 Å².